The first-order valence-corrected chi connectivity index (χ1v) is 6.88. The smallest absolute Gasteiger partial charge is 0.245 e. The van der Waals surface area contributed by atoms with Crippen LogP contribution in [0, 0.1) is 28.6 Å². The summed E-state index contributed by atoms with van der Waals surface area (Å²) in [7, 11) is 1.36. The van der Waals surface area contributed by atoms with Crippen molar-refractivity contribution in [2.45, 2.75) is 0 Å². The van der Waals surface area contributed by atoms with Crippen LogP contribution in [0.2, 0.25) is 0 Å². The molecule has 0 spiro atoms. The molecule has 1 aromatic carbocycles. The van der Waals surface area contributed by atoms with Crippen molar-refractivity contribution in [3.05, 3.63) is 53.7 Å². The number of amides is 1. The van der Waals surface area contributed by atoms with E-state index in [1.54, 1.807) is 18.2 Å². The molecule has 1 aromatic heterocycles. The predicted molar refractivity (Wildman–Crippen MR) is 83.0 cm³/mol. The van der Waals surface area contributed by atoms with Gasteiger partial charge in [-0.2, -0.15) is 10.5 Å². The normalized spacial score (nSPS) is 10.8. The maximum atomic E-state index is 12.1. The molecule has 1 N–H and O–H groups in total. The molecule has 0 radical (unpaired) electrons. The summed E-state index contributed by atoms with van der Waals surface area (Å²) in [5.74, 6) is -1.89. The summed E-state index contributed by atoms with van der Waals surface area (Å²) >= 11 is 0. The molecule has 1 heterocycles. The summed E-state index contributed by atoms with van der Waals surface area (Å²) in [4.78, 5) is 27.6. The van der Waals surface area contributed by atoms with Gasteiger partial charge >= 0.3 is 0 Å². The number of Topliss-reactive ketones (excluding diaryl/α,β-unsaturated/α-hetero) is 1. The highest BCUT2D eigenvalue weighted by Crippen LogP contribution is 2.21. The quantitative estimate of drug-likeness (QED) is 0.663. The van der Waals surface area contributed by atoms with Crippen LogP contribution < -0.4 is 10.1 Å². The van der Waals surface area contributed by atoms with Crippen LogP contribution in [0.1, 0.15) is 15.9 Å². The van der Waals surface area contributed by atoms with Gasteiger partial charge < -0.3 is 10.1 Å². The van der Waals surface area contributed by atoms with Crippen LogP contribution in [-0.4, -0.2) is 23.7 Å². The first-order valence-electron chi connectivity index (χ1n) is 6.88. The molecule has 0 aliphatic heterocycles. The minimum Gasteiger partial charge on any atom is -0.439 e. The number of ketones is 1. The largest absolute Gasteiger partial charge is 0.439 e. The highest BCUT2D eigenvalue weighted by molar-refractivity contribution is 6.12. The van der Waals surface area contributed by atoms with E-state index in [4.69, 9.17) is 15.3 Å². The third kappa shape index (κ3) is 3.73. The average Bonchev–Trinajstić information content (AvgIpc) is 2.63. The first kappa shape index (κ1) is 16.7. The summed E-state index contributed by atoms with van der Waals surface area (Å²) in [6.45, 7) is 0. The highest BCUT2D eigenvalue weighted by Gasteiger charge is 2.26. The van der Waals surface area contributed by atoms with Crippen molar-refractivity contribution < 1.29 is 14.3 Å². The fourth-order valence-corrected chi connectivity index (χ4v) is 1.86. The lowest BCUT2D eigenvalue weighted by molar-refractivity contribution is -0.121. The number of aromatic nitrogens is 1. The van der Waals surface area contributed by atoms with Gasteiger partial charge in [-0.1, -0.05) is 0 Å². The lowest BCUT2D eigenvalue weighted by atomic mass is 9.98. The number of rotatable bonds is 5. The maximum absolute atomic E-state index is 12.1. The topological polar surface area (TPSA) is 116 Å². The van der Waals surface area contributed by atoms with Gasteiger partial charge in [-0.3, -0.25) is 9.59 Å². The number of nitrogens with zero attached hydrogens (tertiary/aromatic N) is 3. The lowest BCUT2D eigenvalue weighted by Crippen LogP contribution is -2.32. The predicted octanol–water partition coefficient (Wildman–Crippen LogP) is 1.81. The van der Waals surface area contributed by atoms with E-state index in [2.05, 4.69) is 10.3 Å². The number of hydrogen-bond acceptors (Lipinski definition) is 6. The van der Waals surface area contributed by atoms with Crippen molar-refractivity contribution in [3.63, 3.8) is 0 Å². The van der Waals surface area contributed by atoms with Gasteiger partial charge in [0.05, 0.1) is 11.6 Å². The Balaban J connectivity index is 2.12. The van der Waals surface area contributed by atoms with E-state index in [0.29, 0.717) is 17.2 Å². The Morgan fingerprint density at radius 3 is 2.38 bits per heavy atom. The molecule has 7 heteroatoms. The Bertz CT molecular complexity index is 830. The Hall–Kier alpha value is -3.71. The van der Waals surface area contributed by atoms with Crippen LogP contribution in [0.15, 0.2) is 42.6 Å². The van der Waals surface area contributed by atoms with E-state index in [1.165, 1.54) is 37.5 Å². The SMILES string of the molecule is CNC(=O)[C@@H](C#N)C(=O)c1ccc(Oc2ccc(C#N)cn2)cc1. The second kappa shape index (κ2) is 7.52. The molecule has 7 nitrogen and oxygen atoms in total. The molecule has 1 amide bonds. The van der Waals surface area contributed by atoms with Gasteiger partial charge in [0.2, 0.25) is 11.8 Å². The second-order valence-electron chi connectivity index (χ2n) is 4.66. The number of ether oxygens (including phenoxy) is 1. The lowest BCUT2D eigenvalue weighted by Gasteiger charge is -2.08. The molecule has 1 atom stereocenters. The molecule has 0 saturated heterocycles. The summed E-state index contributed by atoms with van der Waals surface area (Å²) in [5.41, 5.74) is 0.644. The Morgan fingerprint density at radius 2 is 1.88 bits per heavy atom. The molecule has 0 aliphatic rings. The van der Waals surface area contributed by atoms with Crippen molar-refractivity contribution in [3.8, 4) is 23.8 Å². The minimum absolute atomic E-state index is 0.227. The number of carbonyl (C=O) groups is 2. The zero-order valence-corrected chi connectivity index (χ0v) is 12.7. The molecular weight excluding hydrogens is 308 g/mol. The van der Waals surface area contributed by atoms with E-state index in [-0.39, 0.29) is 5.56 Å². The number of carbonyl (C=O) groups excluding carboxylic acids is 2. The van der Waals surface area contributed by atoms with Crippen LogP contribution in [0.25, 0.3) is 0 Å². The van der Waals surface area contributed by atoms with Gasteiger partial charge in [0, 0.05) is 24.9 Å². The molecule has 0 aliphatic carbocycles. The fraction of sp³-hybridized carbons (Fsp3) is 0.118. The summed E-state index contributed by atoms with van der Waals surface area (Å²) in [6.07, 6.45) is 1.38. The van der Waals surface area contributed by atoms with Crippen LogP contribution in [0.3, 0.4) is 0 Å². The molecule has 2 rings (SSSR count). The van der Waals surface area contributed by atoms with Crippen molar-refractivity contribution in [1.82, 2.24) is 10.3 Å². The zero-order chi connectivity index (χ0) is 17.5. The molecule has 118 valence electrons. The van der Waals surface area contributed by atoms with Crippen LogP contribution >= 0.6 is 0 Å². The van der Waals surface area contributed by atoms with E-state index < -0.39 is 17.6 Å². The Kier molecular flexibility index (Phi) is 5.22. The third-order valence-corrected chi connectivity index (χ3v) is 3.13. The van der Waals surface area contributed by atoms with Crippen molar-refractivity contribution in [1.29, 1.82) is 10.5 Å². The number of nitriles is 2. The van der Waals surface area contributed by atoms with Crippen molar-refractivity contribution >= 4 is 11.7 Å². The first-order chi connectivity index (χ1) is 11.6. The molecule has 2 aromatic rings. The summed E-state index contributed by atoms with van der Waals surface area (Å²) < 4.78 is 5.49. The van der Waals surface area contributed by atoms with Crippen LogP contribution in [0.4, 0.5) is 0 Å². The summed E-state index contributed by atoms with van der Waals surface area (Å²) in [6, 6.07) is 12.8. The highest BCUT2D eigenvalue weighted by atomic mass is 16.5. The molecule has 0 bridgehead atoms. The number of pyridine rings is 1. The second-order valence-corrected chi connectivity index (χ2v) is 4.66. The molecule has 0 saturated carbocycles. The minimum atomic E-state index is -1.39. The maximum Gasteiger partial charge on any atom is 0.245 e. The van der Waals surface area contributed by atoms with E-state index >= 15 is 0 Å². The van der Waals surface area contributed by atoms with Gasteiger partial charge in [-0.15, -0.1) is 0 Å². The molecular formula is C17H12N4O3. The van der Waals surface area contributed by atoms with Crippen molar-refractivity contribution in [2.24, 2.45) is 5.92 Å². The monoisotopic (exact) mass is 320 g/mol. The van der Waals surface area contributed by atoms with Crippen molar-refractivity contribution in [2.75, 3.05) is 7.05 Å². The number of hydrogen-bond donors (Lipinski definition) is 1. The van der Waals surface area contributed by atoms with Gasteiger partial charge in [-0.05, 0) is 30.3 Å². The average molecular weight is 320 g/mol. The number of benzene rings is 1. The standard InChI is InChI=1S/C17H12N4O3/c1-20-17(23)14(9-19)16(22)12-3-5-13(6-4-12)24-15-7-2-11(8-18)10-21-15/h2-7,10,14H,1H3,(H,20,23)/t14-/m0/s1. The molecule has 0 fully saturated rings. The van der Waals surface area contributed by atoms with Gasteiger partial charge in [-0.25, -0.2) is 4.98 Å². The summed E-state index contributed by atoms with van der Waals surface area (Å²) in [5, 5.41) is 20.0. The zero-order valence-electron chi connectivity index (χ0n) is 12.7. The van der Waals surface area contributed by atoms with E-state index in [0.717, 1.165) is 0 Å². The van der Waals surface area contributed by atoms with Crippen LogP contribution in [0.5, 0.6) is 11.6 Å². The van der Waals surface area contributed by atoms with E-state index in [9.17, 15) is 9.59 Å². The third-order valence-electron chi connectivity index (χ3n) is 3.13. The fourth-order valence-electron chi connectivity index (χ4n) is 1.86. The Morgan fingerprint density at radius 1 is 1.17 bits per heavy atom. The van der Waals surface area contributed by atoms with Crippen LogP contribution in [-0.2, 0) is 4.79 Å². The van der Waals surface area contributed by atoms with Gasteiger partial charge in [0.1, 0.15) is 11.8 Å². The molecule has 24 heavy (non-hydrogen) atoms. The van der Waals surface area contributed by atoms with E-state index in [1.807, 2.05) is 6.07 Å². The number of nitrogens with one attached hydrogen (secondary N) is 1. The van der Waals surface area contributed by atoms with Gasteiger partial charge in [0.25, 0.3) is 0 Å². The molecule has 0 unspecified atom stereocenters. The Labute approximate surface area is 138 Å². The van der Waals surface area contributed by atoms with Gasteiger partial charge in [0.15, 0.2) is 11.7 Å².